The van der Waals surface area contributed by atoms with Gasteiger partial charge in [0.25, 0.3) is 0 Å². The van der Waals surface area contributed by atoms with Gasteiger partial charge in [-0.05, 0) is 37.5 Å². The van der Waals surface area contributed by atoms with Crippen LogP contribution in [0.5, 0.6) is 0 Å². The number of ether oxygens (including phenoxy) is 4. The molecule has 2 aliphatic heterocycles. The summed E-state index contributed by atoms with van der Waals surface area (Å²) >= 11 is 0. The second kappa shape index (κ2) is 12.6. The van der Waals surface area contributed by atoms with Gasteiger partial charge >= 0.3 is 18.2 Å². The first-order chi connectivity index (χ1) is 17.9. The van der Waals surface area contributed by atoms with E-state index in [-0.39, 0.29) is 19.5 Å². The zero-order chi connectivity index (χ0) is 28.0. The van der Waals surface area contributed by atoms with Crippen LogP contribution in [0.25, 0.3) is 5.57 Å². The van der Waals surface area contributed by atoms with E-state index < -0.39 is 41.8 Å². The molecule has 2 aliphatic rings. The molecule has 10 heteroatoms. The molecule has 4 atom stereocenters. The first-order valence-electron chi connectivity index (χ1n) is 12.9. The maximum Gasteiger partial charge on any atom is 0.410 e. The number of amides is 2. The van der Waals surface area contributed by atoms with Crippen molar-refractivity contribution in [1.29, 1.82) is 0 Å². The molecule has 2 heterocycles. The predicted octanol–water partition coefficient (Wildman–Crippen LogP) is 4.03. The molecule has 2 bridgehead atoms. The van der Waals surface area contributed by atoms with Gasteiger partial charge in [0, 0.05) is 32.0 Å². The first kappa shape index (κ1) is 29.4. The standard InChI is InChI=1S/C28H40N2O8/c1-18(15-35-5)16-37-17-19-7-9-20(10-8-19)22-11-21-13-29(27(34)38-28(2,3)4)14-24(30(21)26(32)33)23(22)12-25(31)36-6/h7-11,18,21,23-24H,12-17H2,1-6H3,(H,32,33). The van der Waals surface area contributed by atoms with Gasteiger partial charge in [0.2, 0.25) is 0 Å². The summed E-state index contributed by atoms with van der Waals surface area (Å²) in [7, 11) is 2.98. The fourth-order valence-corrected chi connectivity index (χ4v) is 5.02. The van der Waals surface area contributed by atoms with E-state index in [2.05, 4.69) is 6.92 Å². The number of carbonyl (C=O) groups excluding carboxylic acids is 2. The zero-order valence-corrected chi connectivity index (χ0v) is 23.1. The normalized spacial score (nSPS) is 21.9. The highest BCUT2D eigenvalue weighted by Crippen LogP contribution is 2.40. The van der Waals surface area contributed by atoms with E-state index in [1.165, 1.54) is 16.9 Å². The molecule has 0 aliphatic carbocycles. The Morgan fingerprint density at radius 3 is 2.34 bits per heavy atom. The largest absolute Gasteiger partial charge is 0.469 e. The third kappa shape index (κ3) is 7.48. The zero-order valence-electron chi connectivity index (χ0n) is 23.1. The van der Waals surface area contributed by atoms with Crippen LogP contribution in [0.1, 0.15) is 45.2 Å². The monoisotopic (exact) mass is 532 g/mol. The van der Waals surface area contributed by atoms with Crippen molar-refractivity contribution in [2.45, 2.75) is 58.4 Å². The maximum absolute atomic E-state index is 12.9. The van der Waals surface area contributed by atoms with Gasteiger partial charge in [-0.1, -0.05) is 37.3 Å². The molecule has 1 fully saturated rings. The molecular weight excluding hydrogens is 492 g/mol. The lowest BCUT2D eigenvalue weighted by atomic mass is 9.77. The SMILES string of the molecule is COCC(C)COCc1ccc(C2=CC3CN(C(=O)OC(C)(C)C)CC(C2CC(=O)OC)N3C(=O)O)cc1. The third-order valence-corrected chi connectivity index (χ3v) is 6.66. The number of esters is 1. The molecule has 0 spiro atoms. The van der Waals surface area contributed by atoms with E-state index in [4.69, 9.17) is 18.9 Å². The average molecular weight is 533 g/mol. The molecule has 4 unspecified atom stereocenters. The molecule has 3 rings (SSSR count). The van der Waals surface area contributed by atoms with Crippen LogP contribution in [-0.4, -0.2) is 91.3 Å². The van der Waals surface area contributed by atoms with Gasteiger partial charge in [0.15, 0.2) is 0 Å². The number of fused-ring (bicyclic) bond motifs is 2. The Morgan fingerprint density at radius 2 is 1.76 bits per heavy atom. The van der Waals surface area contributed by atoms with E-state index in [1.807, 2.05) is 30.3 Å². The summed E-state index contributed by atoms with van der Waals surface area (Å²) in [5, 5.41) is 10.0. The highest BCUT2D eigenvalue weighted by molar-refractivity contribution is 5.80. The molecule has 10 nitrogen and oxygen atoms in total. The number of carbonyl (C=O) groups is 3. The highest BCUT2D eigenvalue weighted by atomic mass is 16.6. The quantitative estimate of drug-likeness (QED) is 0.474. The average Bonchev–Trinajstić information content (AvgIpc) is 2.84. The number of carboxylic acid groups (broad SMARTS) is 1. The summed E-state index contributed by atoms with van der Waals surface area (Å²) in [4.78, 5) is 40.4. The maximum atomic E-state index is 12.9. The minimum atomic E-state index is -1.09. The molecule has 0 saturated carbocycles. The van der Waals surface area contributed by atoms with Crippen LogP contribution in [-0.2, 0) is 30.3 Å². The van der Waals surface area contributed by atoms with Crippen LogP contribution in [0, 0.1) is 11.8 Å². The number of nitrogens with zero attached hydrogens (tertiary/aromatic N) is 2. The fraction of sp³-hybridized carbons (Fsp3) is 0.607. The summed E-state index contributed by atoms with van der Waals surface area (Å²) in [6.45, 7) is 9.37. The van der Waals surface area contributed by atoms with Gasteiger partial charge in [0.1, 0.15) is 5.60 Å². The van der Waals surface area contributed by atoms with Crippen molar-refractivity contribution in [3.05, 3.63) is 41.5 Å². The first-order valence-corrected chi connectivity index (χ1v) is 12.9. The van der Waals surface area contributed by atoms with E-state index in [0.29, 0.717) is 25.7 Å². The summed E-state index contributed by atoms with van der Waals surface area (Å²) < 4.78 is 21.4. The molecule has 1 N–H and O–H groups in total. The van der Waals surface area contributed by atoms with Crippen molar-refractivity contribution in [1.82, 2.24) is 9.80 Å². The van der Waals surface area contributed by atoms with Crippen LogP contribution in [0.2, 0.25) is 0 Å². The molecule has 210 valence electrons. The highest BCUT2D eigenvalue weighted by Gasteiger charge is 2.48. The Labute approximate surface area is 224 Å². The molecule has 0 aromatic heterocycles. The van der Waals surface area contributed by atoms with Crippen molar-refractivity contribution in [2.24, 2.45) is 11.8 Å². The van der Waals surface area contributed by atoms with Gasteiger partial charge in [-0.2, -0.15) is 0 Å². The Balaban J connectivity index is 1.88. The second-order valence-corrected chi connectivity index (χ2v) is 11.0. The van der Waals surface area contributed by atoms with Crippen molar-refractivity contribution in [3.8, 4) is 0 Å². The molecule has 0 radical (unpaired) electrons. The smallest absolute Gasteiger partial charge is 0.410 e. The van der Waals surface area contributed by atoms with Crippen molar-refractivity contribution >= 4 is 23.7 Å². The number of benzene rings is 1. The second-order valence-electron chi connectivity index (χ2n) is 11.0. The fourth-order valence-electron chi connectivity index (χ4n) is 5.02. The Morgan fingerprint density at radius 1 is 1.08 bits per heavy atom. The number of methoxy groups -OCH3 is 2. The van der Waals surface area contributed by atoms with Crippen LogP contribution < -0.4 is 0 Å². The summed E-state index contributed by atoms with van der Waals surface area (Å²) in [6.07, 6.45) is 0.236. The minimum Gasteiger partial charge on any atom is -0.469 e. The van der Waals surface area contributed by atoms with Crippen molar-refractivity contribution in [2.75, 3.05) is 40.5 Å². The number of hydrogen-bond acceptors (Lipinski definition) is 7. The number of piperazine rings is 1. The molecule has 38 heavy (non-hydrogen) atoms. The number of hydrogen-bond donors (Lipinski definition) is 1. The van der Waals surface area contributed by atoms with Gasteiger partial charge in [-0.15, -0.1) is 0 Å². The summed E-state index contributed by atoms with van der Waals surface area (Å²) in [5.74, 6) is -0.658. The third-order valence-electron chi connectivity index (χ3n) is 6.66. The molecule has 1 aromatic rings. The minimum absolute atomic E-state index is 0.0199. The van der Waals surface area contributed by atoms with Crippen molar-refractivity contribution < 1.29 is 38.4 Å². The summed E-state index contributed by atoms with van der Waals surface area (Å²) in [5.41, 5.74) is 2.08. The number of rotatable bonds is 9. The Bertz CT molecular complexity index is 1020. The van der Waals surface area contributed by atoms with E-state index >= 15 is 0 Å². The topological polar surface area (TPSA) is 115 Å². The molecule has 1 saturated heterocycles. The van der Waals surface area contributed by atoms with Crippen molar-refractivity contribution in [3.63, 3.8) is 0 Å². The van der Waals surface area contributed by atoms with Gasteiger partial charge in [0.05, 0.1) is 45.4 Å². The van der Waals surface area contributed by atoms with E-state index in [9.17, 15) is 19.5 Å². The van der Waals surface area contributed by atoms with E-state index in [1.54, 1.807) is 27.9 Å². The summed E-state index contributed by atoms with van der Waals surface area (Å²) in [6, 6.07) is 6.66. The molecule has 2 amide bonds. The lowest BCUT2D eigenvalue weighted by Gasteiger charge is -2.50. The van der Waals surface area contributed by atoms with Crippen LogP contribution >= 0.6 is 0 Å². The van der Waals surface area contributed by atoms with E-state index in [0.717, 1.165) is 16.7 Å². The van der Waals surface area contributed by atoms with Crippen LogP contribution in [0.4, 0.5) is 9.59 Å². The van der Waals surface area contributed by atoms with Crippen LogP contribution in [0.3, 0.4) is 0 Å². The predicted molar refractivity (Wildman–Crippen MR) is 140 cm³/mol. The molecular formula is C28H40N2O8. The molecule has 1 aromatic carbocycles. The van der Waals surface area contributed by atoms with Crippen LogP contribution in [0.15, 0.2) is 30.3 Å². The lowest BCUT2D eigenvalue weighted by Crippen LogP contribution is -2.65. The van der Waals surface area contributed by atoms with Gasteiger partial charge < -0.3 is 29.0 Å². The Hall–Kier alpha value is -3.11. The Kier molecular flexibility index (Phi) is 9.78. The lowest BCUT2D eigenvalue weighted by molar-refractivity contribution is -0.142. The van der Waals surface area contributed by atoms with Gasteiger partial charge in [-0.25, -0.2) is 9.59 Å². The van der Waals surface area contributed by atoms with Gasteiger partial charge in [-0.3, -0.25) is 9.69 Å².